The summed E-state index contributed by atoms with van der Waals surface area (Å²) in [5, 5.41) is 2.85. The molecule has 48 heavy (non-hydrogen) atoms. The third-order valence-corrected chi connectivity index (χ3v) is 11.6. The molecule has 0 N–H and O–H groups in total. The molecular formula is C45H49Cl2Zr. The van der Waals surface area contributed by atoms with Gasteiger partial charge in [-0.1, -0.05) is 0 Å². The summed E-state index contributed by atoms with van der Waals surface area (Å²) in [6.07, 6.45) is 6.24. The van der Waals surface area contributed by atoms with Gasteiger partial charge in [-0.2, -0.15) is 0 Å². The summed E-state index contributed by atoms with van der Waals surface area (Å²) in [5.74, 6) is 0.399. The molecular weight excluding hydrogens is 703 g/mol. The Morgan fingerprint density at radius 3 is 1.71 bits per heavy atom. The van der Waals surface area contributed by atoms with Crippen molar-refractivity contribution in [2.45, 2.75) is 89.5 Å². The maximum absolute atomic E-state index is 2.57. The van der Waals surface area contributed by atoms with Crippen LogP contribution in [-0.4, -0.2) is 0 Å². The van der Waals surface area contributed by atoms with Crippen LogP contribution in [0.25, 0.3) is 47.8 Å². The van der Waals surface area contributed by atoms with Gasteiger partial charge >= 0.3 is 295 Å². The predicted molar refractivity (Wildman–Crippen MR) is 197 cm³/mol. The largest absolute Gasteiger partial charge is 1.00 e. The maximum Gasteiger partial charge on any atom is -1.00 e. The van der Waals surface area contributed by atoms with Gasteiger partial charge in [-0.15, -0.1) is 0 Å². The molecule has 0 bridgehead atoms. The van der Waals surface area contributed by atoms with E-state index in [1.807, 2.05) is 0 Å². The molecule has 0 saturated carbocycles. The average Bonchev–Trinajstić information content (AvgIpc) is 3.51. The molecule has 1 atom stereocenters. The van der Waals surface area contributed by atoms with Crippen molar-refractivity contribution in [2.75, 3.05) is 0 Å². The van der Waals surface area contributed by atoms with Crippen LogP contribution in [0, 0.1) is 52.9 Å². The Balaban J connectivity index is 0.00000260. The van der Waals surface area contributed by atoms with Gasteiger partial charge in [0.25, 0.3) is 0 Å². The topological polar surface area (TPSA) is 0 Å². The number of hydrogen-bond donors (Lipinski definition) is 0. The standard InChI is InChI=1S/C45H49.2ClH.Zr/c1-13-32-21-35(45(10,11)12)23-38(32)43-40-22-34-20-33(41-28(6)16-26(4)17-29(41)7)14-15-36(34)39(40)24-37(25(2)3)44(43)42-30(8)18-27(5)19-31(42)9;;;/h14-21,23-24,32H,13H2,1-12H3;2*1H;/q;;;+2/p-2. The molecule has 2 aliphatic rings. The first-order chi connectivity index (χ1) is 21.6. The van der Waals surface area contributed by atoms with E-state index in [-0.39, 0.29) is 30.2 Å². The zero-order chi connectivity index (χ0) is 33.4. The Hall–Kier alpha value is -2.44. The first kappa shape index (κ1) is 38.4. The predicted octanol–water partition coefficient (Wildman–Crippen LogP) is 5.15. The van der Waals surface area contributed by atoms with Gasteiger partial charge in [0, 0.05) is 0 Å². The van der Waals surface area contributed by atoms with E-state index >= 15 is 0 Å². The summed E-state index contributed by atoms with van der Waals surface area (Å²) in [6, 6.07) is 19.2. The summed E-state index contributed by atoms with van der Waals surface area (Å²) in [7, 11) is 0. The van der Waals surface area contributed by atoms with Crippen LogP contribution in [0.15, 0.2) is 66.3 Å². The van der Waals surface area contributed by atoms with Crippen molar-refractivity contribution in [2.24, 2.45) is 11.3 Å². The van der Waals surface area contributed by atoms with Gasteiger partial charge in [-0.05, 0) is 0 Å². The van der Waals surface area contributed by atoms with E-state index < -0.39 is 0 Å². The molecule has 0 nitrogen and oxygen atoms in total. The van der Waals surface area contributed by atoms with Gasteiger partial charge in [-0.3, -0.25) is 0 Å². The SMILES string of the molecule is CCC1C=C(C(C)(C)C)C=C1c1c(-c2c(C)cc(C)cc2C)c(=C(C)C)cc2c1=[C]([Zr+2])c1cc(-c3c(C)cc(C)cc3C)ccc1-2.[Cl-].[Cl-]. The summed E-state index contributed by atoms with van der Waals surface area (Å²) >= 11 is 1.47. The average molecular weight is 752 g/mol. The molecule has 1 unspecified atom stereocenters. The van der Waals surface area contributed by atoms with E-state index in [0.29, 0.717) is 5.92 Å². The zero-order valence-corrected chi connectivity index (χ0v) is 34.8. The Morgan fingerprint density at radius 2 is 1.21 bits per heavy atom. The first-order valence-electron chi connectivity index (χ1n) is 17.0. The van der Waals surface area contributed by atoms with Crippen LogP contribution in [0.2, 0.25) is 0 Å². The summed E-state index contributed by atoms with van der Waals surface area (Å²) in [6.45, 7) is 27.6. The zero-order valence-electron chi connectivity index (χ0n) is 30.8. The molecule has 0 aromatic heterocycles. The number of benzene rings is 4. The van der Waals surface area contributed by atoms with Crippen LogP contribution in [0.5, 0.6) is 0 Å². The normalized spacial score (nSPS) is 15.0. The molecule has 0 fully saturated rings. The van der Waals surface area contributed by atoms with Gasteiger partial charge in [0.15, 0.2) is 0 Å². The van der Waals surface area contributed by atoms with Crippen molar-refractivity contribution in [1.29, 1.82) is 0 Å². The van der Waals surface area contributed by atoms with Crippen LogP contribution in [0.4, 0.5) is 0 Å². The minimum atomic E-state index is 0. The monoisotopic (exact) mass is 749 g/mol. The fourth-order valence-electron chi connectivity index (χ4n) is 8.27. The van der Waals surface area contributed by atoms with E-state index in [1.54, 1.807) is 0 Å². The molecule has 0 spiro atoms. The fourth-order valence-corrected chi connectivity index (χ4v) is 9.42. The minimum absolute atomic E-state index is 0. The molecule has 4 aromatic carbocycles. The van der Waals surface area contributed by atoms with Crippen molar-refractivity contribution >= 4 is 14.4 Å². The van der Waals surface area contributed by atoms with E-state index in [0.717, 1.165) is 6.42 Å². The van der Waals surface area contributed by atoms with Crippen LogP contribution in [0.1, 0.15) is 92.5 Å². The molecule has 0 radical (unpaired) electrons. The van der Waals surface area contributed by atoms with E-state index in [9.17, 15) is 0 Å². The molecule has 0 heterocycles. The maximum atomic E-state index is 2.57. The Kier molecular flexibility index (Phi) is 11.2. The third-order valence-electron chi connectivity index (χ3n) is 10.3. The van der Waals surface area contributed by atoms with Crippen molar-refractivity contribution in [1.82, 2.24) is 0 Å². The number of rotatable bonds is 4. The molecule has 6 rings (SSSR count). The smallest absolute Gasteiger partial charge is 1.00 e. The molecule has 0 amide bonds. The third kappa shape index (κ3) is 6.46. The minimum Gasteiger partial charge on any atom is -1.00 e. The number of halogens is 2. The van der Waals surface area contributed by atoms with E-state index in [2.05, 4.69) is 144 Å². The second-order valence-corrected chi connectivity index (χ2v) is 16.5. The number of aryl methyl sites for hydroxylation is 6. The van der Waals surface area contributed by atoms with Crippen molar-refractivity contribution in [3.63, 3.8) is 0 Å². The van der Waals surface area contributed by atoms with Gasteiger partial charge in [0.1, 0.15) is 0 Å². The summed E-state index contributed by atoms with van der Waals surface area (Å²) in [4.78, 5) is 0. The molecule has 0 saturated heterocycles. The van der Waals surface area contributed by atoms with Crippen LogP contribution in [0.3, 0.4) is 0 Å². The van der Waals surface area contributed by atoms with Gasteiger partial charge in [-0.25, -0.2) is 0 Å². The fraction of sp³-hybridized carbons (Fsp3) is 0.333. The molecule has 2 aliphatic carbocycles. The van der Waals surface area contributed by atoms with Crippen LogP contribution >= 0.6 is 0 Å². The number of allylic oxidation sites excluding steroid dienone is 4. The molecule has 3 heteroatoms. The van der Waals surface area contributed by atoms with Gasteiger partial charge in [0.2, 0.25) is 0 Å². The number of hydrogen-bond acceptors (Lipinski definition) is 0. The second-order valence-electron chi connectivity index (χ2n) is 15.3. The quantitative estimate of drug-likeness (QED) is 0.271. The van der Waals surface area contributed by atoms with Crippen LogP contribution < -0.4 is 35.3 Å². The van der Waals surface area contributed by atoms with Crippen molar-refractivity contribution in [3.05, 3.63) is 121 Å². The Bertz CT molecular complexity index is 2100. The summed E-state index contributed by atoms with van der Waals surface area (Å²) in [5.41, 5.74) is 23.8. The molecule has 4 aromatic rings. The number of fused-ring (bicyclic) bond motifs is 3. The first-order valence-corrected chi connectivity index (χ1v) is 18.2. The van der Waals surface area contributed by atoms with Crippen molar-refractivity contribution in [3.8, 4) is 33.4 Å². The van der Waals surface area contributed by atoms with Crippen molar-refractivity contribution < 1.29 is 49.5 Å². The Morgan fingerprint density at radius 1 is 0.667 bits per heavy atom. The van der Waals surface area contributed by atoms with E-state index in [1.165, 1.54) is 133 Å². The molecule has 0 aliphatic heterocycles. The van der Waals surface area contributed by atoms with Gasteiger partial charge in [0.05, 0.1) is 0 Å². The van der Waals surface area contributed by atoms with E-state index in [4.69, 9.17) is 0 Å². The summed E-state index contributed by atoms with van der Waals surface area (Å²) < 4.78 is 1.49. The second kappa shape index (κ2) is 14.1. The molecule has 247 valence electrons. The van der Waals surface area contributed by atoms with Gasteiger partial charge < -0.3 is 24.8 Å². The van der Waals surface area contributed by atoms with Crippen LogP contribution in [-0.2, 0) is 24.7 Å². The Labute approximate surface area is 317 Å².